The van der Waals surface area contributed by atoms with Gasteiger partial charge in [0.05, 0.1) is 0 Å². The Bertz CT molecular complexity index is 864. The van der Waals surface area contributed by atoms with E-state index < -0.39 is 24.1 Å². The average molecular weight is 440 g/mol. The summed E-state index contributed by atoms with van der Waals surface area (Å²) in [6.45, 7) is 3.02. The normalized spacial score (nSPS) is 19.0. The van der Waals surface area contributed by atoms with Crippen molar-refractivity contribution in [2.24, 2.45) is 0 Å². The number of pyridine rings is 1. The van der Waals surface area contributed by atoms with E-state index in [0.29, 0.717) is 26.0 Å². The van der Waals surface area contributed by atoms with E-state index in [4.69, 9.17) is 14.2 Å². The number of carbonyl (C=O) groups excluding carboxylic acids is 1. The Labute approximate surface area is 177 Å². The van der Waals surface area contributed by atoms with Crippen LogP contribution in [0.15, 0.2) is 30.3 Å². The SMILES string of the molecule is CCCNC(=O)c1ccc(OCC2OCCCC2Oc2cccc(C(F)(F)F)n2)nn1. The molecule has 11 heteroatoms. The summed E-state index contributed by atoms with van der Waals surface area (Å²) < 4.78 is 55.6. The number of nitrogens with zero attached hydrogens (tertiary/aromatic N) is 3. The van der Waals surface area contributed by atoms with E-state index in [-0.39, 0.29) is 30.0 Å². The lowest BCUT2D eigenvalue weighted by molar-refractivity contribution is -0.141. The monoisotopic (exact) mass is 440 g/mol. The molecule has 0 bridgehead atoms. The molecule has 1 amide bonds. The number of carbonyl (C=O) groups is 1. The molecular weight excluding hydrogens is 417 g/mol. The first kappa shape index (κ1) is 22.7. The van der Waals surface area contributed by atoms with Crippen molar-refractivity contribution in [1.29, 1.82) is 0 Å². The minimum Gasteiger partial charge on any atom is -0.474 e. The van der Waals surface area contributed by atoms with Gasteiger partial charge < -0.3 is 19.5 Å². The lowest BCUT2D eigenvalue weighted by atomic mass is 10.1. The molecule has 0 spiro atoms. The molecule has 1 aliphatic rings. The predicted molar refractivity (Wildman–Crippen MR) is 103 cm³/mol. The Hall–Kier alpha value is -2.95. The van der Waals surface area contributed by atoms with Crippen LogP contribution in [0.1, 0.15) is 42.4 Å². The quantitative estimate of drug-likeness (QED) is 0.674. The first-order chi connectivity index (χ1) is 14.9. The summed E-state index contributed by atoms with van der Waals surface area (Å²) in [7, 11) is 0. The van der Waals surface area contributed by atoms with Crippen LogP contribution >= 0.6 is 0 Å². The number of nitrogens with one attached hydrogen (secondary N) is 1. The molecule has 1 saturated heterocycles. The third-order valence-corrected chi connectivity index (χ3v) is 4.47. The van der Waals surface area contributed by atoms with Crippen molar-refractivity contribution in [2.75, 3.05) is 19.8 Å². The number of aromatic nitrogens is 3. The Kier molecular flexibility index (Phi) is 7.61. The Balaban J connectivity index is 1.58. The van der Waals surface area contributed by atoms with Crippen LogP contribution in [0.3, 0.4) is 0 Å². The number of alkyl halides is 3. The highest BCUT2D eigenvalue weighted by atomic mass is 19.4. The van der Waals surface area contributed by atoms with Crippen LogP contribution in [0.25, 0.3) is 0 Å². The average Bonchev–Trinajstić information content (AvgIpc) is 2.77. The molecule has 3 heterocycles. The second-order valence-electron chi connectivity index (χ2n) is 6.89. The largest absolute Gasteiger partial charge is 0.474 e. The number of amides is 1. The molecule has 0 aliphatic carbocycles. The van der Waals surface area contributed by atoms with Gasteiger partial charge in [-0.3, -0.25) is 4.79 Å². The van der Waals surface area contributed by atoms with Gasteiger partial charge in [-0.1, -0.05) is 13.0 Å². The second-order valence-corrected chi connectivity index (χ2v) is 6.89. The van der Waals surface area contributed by atoms with E-state index in [0.717, 1.165) is 12.5 Å². The molecule has 2 aromatic heterocycles. The van der Waals surface area contributed by atoms with Gasteiger partial charge in [0.25, 0.3) is 5.91 Å². The highest BCUT2D eigenvalue weighted by Gasteiger charge is 2.34. The van der Waals surface area contributed by atoms with E-state index in [1.165, 1.54) is 24.3 Å². The molecule has 2 aromatic rings. The fourth-order valence-electron chi connectivity index (χ4n) is 2.91. The van der Waals surface area contributed by atoms with Crippen molar-refractivity contribution < 1.29 is 32.2 Å². The van der Waals surface area contributed by atoms with Gasteiger partial charge in [0.15, 0.2) is 5.69 Å². The van der Waals surface area contributed by atoms with E-state index >= 15 is 0 Å². The van der Waals surface area contributed by atoms with E-state index in [1.807, 2.05) is 6.92 Å². The zero-order chi connectivity index (χ0) is 22.3. The first-order valence-corrected chi connectivity index (χ1v) is 9.94. The molecule has 1 N–H and O–H groups in total. The fraction of sp³-hybridized carbons (Fsp3) is 0.500. The summed E-state index contributed by atoms with van der Waals surface area (Å²) in [5.41, 5.74) is -0.848. The molecule has 0 saturated carbocycles. The van der Waals surface area contributed by atoms with Gasteiger partial charge in [0.1, 0.15) is 24.5 Å². The molecule has 0 aromatic carbocycles. The van der Waals surface area contributed by atoms with E-state index in [2.05, 4.69) is 20.5 Å². The molecule has 2 atom stereocenters. The fourth-order valence-corrected chi connectivity index (χ4v) is 2.91. The highest BCUT2D eigenvalue weighted by Crippen LogP contribution is 2.29. The maximum absolute atomic E-state index is 12.9. The molecular formula is C20H23F3N4O4. The van der Waals surface area contributed by atoms with Crippen molar-refractivity contribution in [2.45, 2.75) is 44.6 Å². The standard InChI is InChI=1S/C20H23F3N4O4/c1-2-10-24-19(28)13-8-9-18(27-26-13)30-12-15-14(5-4-11-29-15)31-17-7-3-6-16(25-17)20(21,22)23/h3,6-9,14-15H,2,4-5,10-12H2,1H3,(H,24,28). The van der Waals surface area contributed by atoms with Gasteiger partial charge in [-0.05, 0) is 31.4 Å². The van der Waals surface area contributed by atoms with Crippen LogP contribution in [0, 0.1) is 0 Å². The van der Waals surface area contributed by atoms with Crippen LogP contribution < -0.4 is 14.8 Å². The van der Waals surface area contributed by atoms with Crippen LogP contribution in [0.5, 0.6) is 11.8 Å². The van der Waals surface area contributed by atoms with Gasteiger partial charge in [-0.15, -0.1) is 10.2 Å². The summed E-state index contributed by atoms with van der Waals surface area (Å²) >= 11 is 0. The van der Waals surface area contributed by atoms with Gasteiger partial charge in [-0.25, -0.2) is 4.98 Å². The molecule has 1 fully saturated rings. The second kappa shape index (κ2) is 10.4. The summed E-state index contributed by atoms with van der Waals surface area (Å²) in [5.74, 6) is -0.256. The van der Waals surface area contributed by atoms with Crippen molar-refractivity contribution in [1.82, 2.24) is 20.5 Å². The third-order valence-electron chi connectivity index (χ3n) is 4.47. The molecule has 1 aliphatic heterocycles. The van der Waals surface area contributed by atoms with Gasteiger partial charge in [0.2, 0.25) is 11.8 Å². The molecule has 8 nitrogen and oxygen atoms in total. The minimum atomic E-state index is -4.55. The number of halogens is 3. The lowest BCUT2D eigenvalue weighted by Crippen LogP contribution is -2.42. The molecule has 0 radical (unpaired) electrons. The topological polar surface area (TPSA) is 95.5 Å². The Morgan fingerprint density at radius 2 is 2.06 bits per heavy atom. The van der Waals surface area contributed by atoms with E-state index in [9.17, 15) is 18.0 Å². The number of hydrogen-bond donors (Lipinski definition) is 1. The Morgan fingerprint density at radius 3 is 2.77 bits per heavy atom. The smallest absolute Gasteiger partial charge is 0.433 e. The number of hydrogen-bond acceptors (Lipinski definition) is 7. The number of rotatable bonds is 8. The number of ether oxygens (including phenoxy) is 3. The van der Waals surface area contributed by atoms with Gasteiger partial charge in [-0.2, -0.15) is 13.2 Å². The highest BCUT2D eigenvalue weighted by molar-refractivity contribution is 5.92. The van der Waals surface area contributed by atoms with Gasteiger partial charge in [0, 0.05) is 25.3 Å². The van der Waals surface area contributed by atoms with Crippen LogP contribution in [0.2, 0.25) is 0 Å². The minimum absolute atomic E-state index is 0.0552. The molecule has 3 rings (SSSR count). The zero-order valence-electron chi connectivity index (χ0n) is 16.9. The van der Waals surface area contributed by atoms with Crippen molar-refractivity contribution in [3.8, 4) is 11.8 Å². The first-order valence-electron chi connectivity index (χ1n) is 9.94. The van der Waals surface area contributed by atoms with Gasteiger partial charge >= 0.3 is 6.18 Å². The van der Waals surface area contributed by atoms with Crippen molar-refractivity contribution in [3.05, 3.63) is 41.7 Å². The van der Waals surface area contributed by atoms with Crippen LogP contribution in [0.4, 0.5) is 13.2 Å². The maximum atomic E-state index is 12.9. The summed E-state index contributed by atoms with van der Waals surface area (Å²) in [5, 5.41) is 10.4. The summed E-state index contributed by atoms with van der Waals surface area (Å²) in [4.78, 5) is 15.4. The molecule has 2 unspecified atom stereocenters. The lowest BCUT2D eigenvalue weighted by Gasteiger charge is -2.31. The predicted octanol–water partition coefficient (Wildman–Crippen LogP) is 3.04. The van der Waals surface area contributed by atoms with Crippen molar-refractivity contribution in [3.63, 3.8) is 0 Å². The molecule has 31 heavy (non-hydrogen) atoms. The summed E-state index contributed by atoms with van der Waals surface area (Å²) in [6.07, 6.45) is -3.53. The van der Waals surface area contributed by atoms with E-state index in [1.54, 1.807) is 0 Å². The zero-order valence-corrected chi connectivity index (χ0v) is 16.9. The third kappa shape index (κ3) is 6.51. The molecule has 168 valence electrons. The maximum Gasteiger partial charge on any atom is 0.433 e. The van der Waals surface area contributed by atoms with Crippen LogP contribution in [-0.2, 0) is 10.9 Å². The van der Waals surface area contributed by atoms with Crippen LogP contribution in [-0.4, -0.2) is 53.1 Å². The van der Waals surface area contributed by atoms with Crippen molar-refractivity contribution >= 4 is 5.91 Å². The summed E-state index contributed by atoms with van der Waals surface area (Å²) in [6, 6.07) is 6.51. The Morgan fingerprint density at radius 1 is 1.23 bits per heavy atom.